The average Bonchev–Trinajstić information content (AvgIpc) is 3.77. The zero-order chi connectivity index (χ0) is 66.3. The predicted molar refractivity (Wildman–Crippen MR) is 407 cm³/mol. The Labute approximate surface area is 578 Å². The van der Waals surface area contributed by atoms with Crippen molar-refractivity contribution >= 4 is 11.9 Å². The molecule has 0 bridgehead atoms. The normalized spacial score (nSPS) is 12.4. The van der Waals surface area contributed by atoms with Crippen molar-refractivity contribution in [2.45, 2.75) is 514 Å². The lowest BCUT2D eigenvalue weighted by Gasteiger charge is -2.22. The summed E-state index contributed by atoms with van der Waals surface area (Å²) in [5.74, 6) is -0.000452. The average molecular weight is 1300 g/mol. The highest BCUT2D eigenvalue weighted by Gasteiger charge is 2.20. The van der Waals surface area contributed by atoms with Gasteiger partial charge in [0.05, 0.1) is 25.4 Å². The molecule has 0 spiro atoms. The van der Waals surface area contributed by atoms with Gasteiger partial charge in [0.2, 0.25) is 5.91 Å². The van der Waals surface area contributed by atoms with Crippen molar-refractivity contribution < 1.29 is 24.5 Å². The van der Waals surface area contributed by atoms with Crippen LogP contribution in [0, 0.1) is 0 Å². The van der Waals surface area contributed by atoms with E-state index < -0.39 is 12.1 Å². The van der Waals surface area contributed by atoms with E-state index >= 15 is 0 Å². The molecular formula is C86H169NO5. The number of nitrogens with one attached hydrogen (secondary N) is 1. The third-order valence-electron chi connectivity index (χ3n) is 20.6. The van der Waals surface area contributed by atoms with Gasteiger partial charge in [-0.25, -0.2) is 0 Å². The minimum absolute atomic E-state index is 0.0234. The Bertz CT molecular complexity index is 1400. The van der Waals surface area contributed by atoms with Gasteiger partial charge in [-0.3, -0.25) is 9.59 Å². The molecule has 0 fully saturated rings. The number of hydrogen-bond acceptors (Lipinski definition) is 5. The molecule has 3 N–H and O–H groups in total. The molecular weight excluding hydrogens is 1130 g/mol. The second kappa shape index (κ2) is 82.0. The molecule has 0 aromatic rings. The van der Waals surface area contributed by atoms with Crippen LogP contribution in [0.5, 0.6) is 0 Å². The van der Waals surface area contributed by atoms with E-state index in [2.05, 4.69) is 31.3 Å². The lowest BCUT2D eigenvalue weighted by Crippen LogP contribution is -2.45. The molecule has 0 aromatic carbocycles. The summed E-state index contributed by atoms with van der Waals surface area (Å²) in [6.45, 7) is 5.01. The number of esters is 1. The monoisotopic (exact) mass is 1300 g/mol. The van der Waals surface area contributed by atoms with E-state index in [1.54, 1.807) is 0 Å². The standard InChI is InChI=1S/C86H169NO5/c1-3-5-7-9-11-13-15-16-17-18-19-20-21-37-40-43-46-49-52-55-59-62-66-70-74-78-84(89)83(82-88)87-85(90)79-75-71-67-63-60-56-53-50-47-44-41-38-35-33-31-29-27-25-23-22-24-26-28-30-32-34-36-39-42-45-48-51-54-57-61-65-69-73-77-81-92-86(91)80-76-72-68-64-58-14-12-10-8-6-4-2/h22-23,83-84,88-89H,3-21,24-82H2,1-2H3,(H,87,90)/b23-22-. The molecule has 6 nitrogen and oxygen atoms in total. The van der Waals surface area contributed by atoms with Crippen LogP contribution < -0.4 is 5.32 Å². The molecule has 92 heavy (non-hydrogen) atoms. The Kier molecular flexibility index (Phi) is 80.8. The Morgan fingerprint density at radius 1 is 0.293 bits per heavy atom. The van der Waals surface area contributed by atoms with Crippen molar-refractivity contribution in [3.05, 3.63) is 12.2 Å². The molecule has 6 heteroatoms. The van der Waals surface area contributed by atoms with Crippen LogP contribution in [0.25, 0.3) is 0 Å². The second-order valence-corrected chi connectivity index (χ2v) is 29.9. The molecule has 548 valence electrons. The van der Waals surface area contributed by atoms with Crippen molar-refractivity contribution in [2.75, 3.05) is 13.2 Å². The fourth-order valence-corrected chi connectivity index (χ4v) is 14.1. The van der Waals surface area contributed by atoms with Crippen molar-refractivity contribution in [3.8, 4) is 0 Å². The summed E-state index contributed by atoms with van der Waals surface area (Å²) in [5, 5.41) is 23.5. The first-order chi connectivity index (χ1) is 45.5. The minimum Gasteiger partial charge on any atom is -0.466 e. The molecule has 0 aliphatic rings. The van der Waals surface area contributed by atoms with Gasteiger partial charge in [-0.05, 0) is 51.4 Å². The van der Waals surface area contributed by atoms with E-state index in [0.717, 1.165) is 38.5 Å². The highest BCUT2D eigenvalue weighted by molar-refractivity contribution is 5.76. The number of aliphatic hydroxyl groups is 2. The minimum atomic E-state index is -0.662. The largest absolute Gasteiger partial charge is 0.466 e. The zero-order valence-corrected chi connectivity index (χ0v) is 63.1. The first-order valence-electron chi connectivity index (χ1n) is 42.9. The van der Waals surface area contributed by atoms with Crippen LogP contribution in [0.4, 0.5) is 0 Å². The molecule has 0 aliphatic carbocycles. The van der Waals surface area contributed by atoms with Crippen LogP contribution in [0.15, 0.2) is 12.2 Å². The van der Waals surface area contributed by atoms with Gasteiger partial charge in [0.1, 0.15) is 0 Å². The third-order valence-corrected chi connectivity index (χ3v) is 20.6. The molecule has 0 aromatic heterocycles. The van der Waals surface area contributed by atoms with Crippen molar-refractivity contribution in [3.63, 3.8) is 0 Å². The molecule has 0 rings (SSSR count). The van der Waals surface area contributed by atoms with E-state index in [0.29, 0.717) is 25.9 Å². The lowest BCUT2D eigenvalue weighted by molar-refractivity contribution is -0.143. The summed E-state index contributed by atoms with van der Waals surface area (Å²) in [7, 11) is 0. The number of aliphatic hydroxyl groups excluding tert-OH is 2. The summed E-state index contributed by atoms with van der Waals surface area (Å²) >= 11 is 0. The summed E-state index contributed by atoms with van der Waals surface area (Å²) < 4.78 is 5.49. The van der Waals surface area contributed by atoms with Gasteiger partial charge in [-0.2, -0.15) is 0 Å². The van der Waals surface area contributed by atoms with Gasteiger partial charge in [-0.1, -0.05) is 450 Å². The smallest absolute Gasteiger partial charge is 0.305 e. The van der Waals surface area contributed by atoms with E-state index in [9.17, 15) is 19.8 Å². The van der Waals surface area contributed by atoms with Gasteiger partial charge in [0, 0.05) is 12.8 Å². The maximum atomic E-state index is 12.6. The molecule has 2 unspecified atom stereocenters. The number of rotatable bonds is 82. The van der Waals surface area contributed by atoms with E-state index in [-0.39, 0.29) is 18.5 Å². The van der Waals surface area contributed by atoms with Crippen LogP contribution in [-0.2, 0) is 14.3 Å². The Hall–Kier alpha value is -1.40. The molecule has 0 radical (unpaired) electrons. The highest BCUT2D eigenvalue weighted by Crippen LogP contribution is 2.21. The van der Waals surface area contributed by atoms with Crippen LogP contribution in [0.1, 0.15) is 502 Å². The maximum absolute atomic E-state index is 12.6. The molecule has 0 aliphatic heterocycles. The number of carbonyl (C=O) groups excluding carboxylic acids is 2. The quantitative estimate of drug-likeness (QED) is 0.0320. The van der Waals surface area contributed by atoms with Crippen molar-refractivity contribution in [1.82, 2.24) is 5.32 Å². The number of carbonyl (C=O) groups is 2. The van der Waals surface area contributed by atoms with Crippen LogP contribution in [-0.4, -0.2) is 47.4 Å². The van der Waals surface area contributed by atoms with Crippen LogP contribution in [0.3, 0.4) is 0 Å². The number of unbranched alkanes of at least 4 members (excludes halogenated alkanes) is 69. The third kappa shape index (κ3) is 77.6. The fraction of sp³-hybridized carbons (Fsp3) is 0.953. The summed E-state index contributed by atoms with van der Waals surface area (Å²) in [4.78, 5) is 24.6. The first-order valence-corrected chi connectivity index (χ1v) is 42.9. The molecule has 0 saturated heterocycles. The lowest BCUT2D eigenvalue weighted by atomic mass is 10.0. The van der Waals surface area contributed by atoms with Crippen LogP contribution in [0.2, 0.25) is 0 Å². The van der Waals surface area contributed by atoms with Gasteiger partial charge >= 0.3 is 5.97 Å². The Balaban J connectivity index is 3.33. The van der Waals surface area contributed by atoms with Gasteiger partial charge < -0.3 is 20.3 Å². The van der Waals surface area contributed by atoms with Crippen LogP contribution >= 0.6 is 0 Å². The number of allylic oxidation sites excluding steroid dienone is 2. The van der Waals surface area contributed by atoms with E-state index in [1.807, 2.05) is 0 Å². The predicted octanol–water partition coefficient (Wildman–Crippen LogP) is 28.6. The second-order valence-electron chi connectivity index (χ2n) is 29.9. The molecule has 0 heterocycles. The molecule has 1 amide bonds. The van der Waals surface area contributed by atoms with Crippen molar-refractivity contribution in [2.24, 2.45) is 0 Å². The zero-order valence-electron chi connectivity index (χ0n) is 63.1. The first kappa shape index (κ1) is 90.6. The fourth-order valence-electron chi connectivity index (χ4n) is 14.1. The summed E-state index contributed by atoms with van der Waals surface area (Å²) in [6.07, 6.45) is 105. The molecule has 2 atom stereocenters. The molecule has 0 saturated carbocycles. The number of ether oxygens (including phenoxy) is 1. The number of amides is 1. The van der Waals surface area contributed by atoms with E-state index in [1.165, 1.54) is 430 Å². The van der Waals surface area contributed by atoms with Crippen molar-refractivity contribution in [1.29, 1.82) is 0 Å². The van der Waals surface area contributed by atoms with Gasteiger partial charge in [-0.15, -0.1) is 0 Å². The maximum Gasteiger partial charge on any atom is 0.305 e. The van der Waals surface area contributed by atoms with Gasteiger partial charge in [0.25, 0.3) is 0 Å². The topological polar surface area (TPSA) is 95.9 Å². The number of hydrogen-bond donors (Lipinski definition) is 3. The van der Waals surface area contributed by atoms with E-state index in [4.69, 9.17) is 4.74 Å². The Morgan fingerprint density at radius 3 is 0.772 bits per heavy atom. The summed E-state index contributed by atoms with van der Waals surface area (Å²) in [6, 6.07) is -0.539. The Morgan fingerprint density at radius 2 is 0.511 bits per heavy atom. The van der Waals surface area contributed by atoms with Gasteiger partial charge in [0.15, 0.2) is 0 Å². The SMILES string of the molecule is CCCCCCCCCCCCCCCCCCCCCCCCCCCC(O)C(CO)NC(=O)CCCCCCCCCCCCCCCCCCC/C=C\CCCCCCCCCCCCCCCCCCCCOC(=O)CCCCCCCCCCCCC. The highest BCUT2D eigenvalue weighted by atomic mass is 16.5. The summed E-state index contributed by atoms with van der Waals surface area (Å²) in [5.41, 5.74) is 0.